The van der Waals surface area contributed by atoms with Gasteiger partial charge in [-0.15, -0.1) is 0 Å². The summed E-state index contributed by atoms with van der Waals surface area (Å²) in [7, 11) is 0. The smallest absolute Gasteiger partial charge is 0.312 e. The van der Waals surface area contributed by atoms with Crippen molar-refractivity contribution >= 4 is 11.8 Å². The number of carbonyl (C=O) groups is 2. The summed E-state index contributed by atoms with van der Waals surface area (Å²) < 4.78 is 0. The average Bonchev–Trinajstić information content (AvgIpc) is 2.42. The van der Waals surface area contributed by atoms with Crippen molar-refractivity contribution in [1.82, 2.24) is 10.2 Å². The molecule has 6 heteroatoms. The first-order valence-electron chi connectivity index (χ1n) is 6.60. The Morgan fingerprint density at radius 1 is 1.28 bits per heavy atom. The summed E-state index contributed by atoms with van der Waals surface area (Å²) >= 11 is 0. The summed E-state index contributed by atoms with van der Waals surface area (Å²) in [6, 6.07) is 0.0852. The number of aliphatic hydroxyl groups is 1. The fourth-order valence-electron chi connectivity index (χ4n) is 2.34. The average molecular weight is 257 g/mol. The summed E-state index contributed by atoms with van der Waals surface area (Å²) in [5.41, 5.74) is 5.27. The molecule has 0 aromatic heterocycles. The van der Waals surface area contributed by atoms with Crippen LogP contribution in [0.25, 0.3) is 0 Å². The largest absolute Gasteiger partial charge is 0.395 e. The van der Waals surface area contributed by atoms with Crippen molar-refractivity contribution in [2.75, 3.05) is 26.2 Å². The molecule has 1 fully saturated rings. The van der Waals surface area contributed by atoms with E-state index in [-0.39, 0.29) is 19.2 Å². The molecule has 4 N–H and O–H groups in total. The molecular weight excluding hydrogens is 234 g/mol. The molecule has 0 aromatic carbocycles. The number of carbonyl (C=O) groups excluding carboxylic acids is 2. The van der Waals surface area contributed by atoms with Gasteiger partial charge in [0.25, 0.3) is 0 Å². The van der Waals surface area contributed by atoms with Gasteiger partial charge in [-0.3, -0.25) is 9.59 Å². The van der Waals surface area contributed by atoms with Crippen LogP contribution < -0.4 is 11.1 Å². The molecule has 18 heavy (non-hydrogen) atoms. The predicted octanol–water partition coefficient (Wildman–Crippen LogP) is -0.785. The maximum atomic E-state index is 12.0. The second kappa shape index (κ2) is 8.05. The summed E-state index contributed by atoms with van der Waals surface area (Å²) in [6.07, 6.45) is 5.15. The van der Waals surface area contributed by atoms with Gasteiger partial charge in [-0.25, -0.2) is 0 Å². The Balaban J connectivity index is 2.58. The Hall–Kier alpha value is -1.14. The lowest BCUT2D eigenvalue weighted by Crippen LogP contribution is -2.50. The second-order valence-corrected chi connectivity index (χ2v) is 4.56. The van der Waals surface area contributed by atoms with Crippen LogP contribution in [0.5, 0.6) is 0 Å². The van der Waals surface area contributed by atoms with E-state index in [0.29, 0.717) is 13.1 Å². The van der Waals surface area contributed by atoms with Gasteiger partial charge in [0.1, 0.15) is 0 Å². The molecule has 2 amide bonds. The SMILES string of the molecule is NCCNC(=O)C(=O)N(CCO)C1CCCCC1. The van der Waals surface area contributed by atoms with Crippen LogP contribution in [0.1, 0.15) is 32.1 Å². The molecule has 6 nitrogen and oxygen atoms in total. The minimum Gasteiger partial charge on any atom is -0.395 e. The lowest BCUT2D eigenvalue weighted by molar-refractivity contribution is -0.148. The van der Waals surface area contributed by atoms with Gasteiger partial charge in [-0.1, -0.05) is 19.3 Å². The topological polar surface area (TPSA) is 95.7 Å². The van der Waals surface area contributed by atoms with Gasteiger partial charge < -0.3 is 21.1 Å². The summed E-state index contributed by atoms with van der Waals surface area (Å²) in [5.74, 6) is -1.18. The highest BCUT2D eigenvalue weighted by Gasteiger charge is 2.28. The molecule has 0 atom stereocenters. The molecule has 0 unspecified atom stereocenters. The van der Waals surface area contributed by atoms with E-state index in [0.717, 1.165) is 25.7 Å². The van der Waals surface area contributed by atoms with E-state index in [2.05, 4.69) is 5.32 Å². The van der Waals surface area contributed by atoms with E-state index in [1.807, 2.05) is 0 Å². The maximum absolute atomic E-state index is 12.0. The van der Waals surface area contributed by atoms with Gasteiger partial charge >= 0.3 is 11.8 Å². The van der Waals surface area contributed by atoms with Gasteiger partial charge in [0.05, 0.1) is 6.61 Å². The maximum Gasteiger partial charge on any atom is 0.312 e. The molecule has 0 aromatic rings. The number of amides is 2. The molecule has 1 rings (SSSR count). The number of nitrogens with one attached hydrogen (secondary N) is 1. The molecule has 0 heterocycles. The second-order valence-electron chi connectivity index (χ2n) is 4.56. The van der Waals surface area contributed by atoms with Crippen LogP contribution in [0, 0.1) is 0 Å². The summed E-state index contributed by atoms with van der Waals surface area (Å²) in [4.78, 5) is 25.1. The van der Waals surface area contributed by atoms with Crippen LogP contribution in [0.3, 0.4) is 0 Å². The van der Waals surface area contributed by atoms with E-state index in [1.54, 1.807) is 0 Å². The standard InChI is InChI=1S/C12H23N3O3/c13-6-7-14-11(17)12(18)15(8-9-16)10-4-2-1-3-5-10/h10,16H,1-9,13H2,(H,14,17). The first-order chi connectivity index (χ1) is 8.70. The van der Waals surface area contributed by atoms with Crippen LogP contribution >= 0.6 is 0 Å². The van der Waals surface area contributed by atoms with Crippen molar-refractivity contribution in [2.24, 2.45) is 5.73 Å². The van der Waals surface area contributed by atoms with Crippen LogP contribution in [0.2, 0.25) is 0 Å². The lowest BCUT2D eigenvalue weighted by atomic mass is 9.94. The molecule has 1 saturated carbocycles. The Bertz CT molecular complexity index is 278. The minimum atomic E-state index is -0.625. The molecule has 104 valence electrons. The van der Waals surface area contributed by atoms with Crippen molar-refractivity contribution in [3.05, 3.63) is 0 Å². The Kier molecular flexibility index (Phi) is 6.67. The molecule has 0 radical (unpaired) electrons. The normalized spacial score (nSPS) is 16.3. The summed E-state index contributed by atoms with van der Waals surface area (Å²) in [6.45, 7) is 0.705. The molecule has 0 aliphatic heterocycles. The van der Waals surface area contributed by atoms with Crippen LogP contribution in [0.4, 0.5) is 0 Å². The number of hydrogen-bond donors (Lipinski definition) is 3. The van der Waals surface area contributed by atoms with E-state index < -0.39 is 11.8 Å². The van der Waals surface area contributed by atoms with Crippen molar-refractivity contribution in [1.29, 1.82) is 0 Å². The molecule has 1 aliphatic rings. The zero-order chi connectivity index (χ0) is 13.4. The fraction of sp³-hybridized carbons (Fsp3) is 0.833. The zero-order valence-corrected chi connectivity index (χ0v) is 10.7. The Morgan fingerprint density at radius 2 is 1.94 bits per heavy atom. The van der Waals surface area contributed by atoms with Crippen LogP contribution in [-0.2, 0) is 9.59 Å². The number of rotatable bonds is 5. The first kappa shape index (κ1) is 14.9. The van der Waals surface area contributed by atoms with E-state index in [1.165, 1.54) is 11.3 Å². The minimum absolute atomic E-state index is 0.0852. The first-order valence-corrected chi connectivity index (χ1v) is 6.60. The Morgan fingerprint density at radius 3 is 2.50 bits per heavy atom. The monoisotopic (exact) mass is 257 g/mol. The highest BCUT2D eigenvalue weighted by Crippen LogP contribution is 2.22. The zero-order valence-electron chi connectivity index (χ0n) is 10.7. The molecule has 0 saturated heterocycles. The predicted molar refractivity (Wildman–Crippen MR) is 67.7 cm³/mol. The Labute approximate surface area is 108 Å². The number of nitrogens with zero attached hydrogens (tertiary/aromatic N) is 1. The number of aliphatic hydroxyl groups excluding tert-OH is 1. The molecule has 1 aliphatic carbocycles. The van der Waals surface area contributed by atoms with Crippen LogP contribution in [-0.4, -0.2) is 54.1 Å². The molecule has 0 spiro atoms. The summed E-state index contributed by atoms with van der Waals surface area (Å²) in [5, 5.41) is 11.5. The van der Waals surface area contributed by atoms with Crippen molar-refractivity contribution < 1.29 is 14.7 Å². The van der Waals surface area contributed by atoms with Gasteiger partial charge in [-0.2, -0.15) is 0 Å². The number of nitrogens with two attached hydrogens (primary N) is 1. The third kappa shape index (κ3) is 4.27. The highest BCUT2D eigenvalue weighted by atomic mass is 16.3. The fourth-order valence-corrected chi connectivity index (χ4v) is 2.34. The molecular formula is C12H23N3O3. The van der Waals surface area contributed by atoms with Crippen molar-refractivity contribution in [3.8, 4) is 0 Å². The third-order valence-corrected chi connectivity index (χ3v) is 3.24. The molecule has 0 bridgehead atoms. The quantitative estimate of drug-likeness (QED) is 0.563. The van der Waals surface area contributed by atoms with E-state index >= 15 is 0 Å². The highest BCUT2D eigenvalue weighted by molar-refractivity contribution is 6.35. The van der Waals surface area contributed by atoms with Gasteiger partial charge in [0, 0.05) is 25.7 Å². The van der Waals surface area contributed by atoms with Crippen molar-refractivity contribution in [2.45, 2.75) is 38.1 Å². The van der Waals surface area contributed by atoms with Gasteiger partial charge in [0.15, 0.2) is 0 Å². The number of hydrogen-bond acceptors (Lipinski definition) is 4. The van der Waals surface area contributed by atoms with Gasteiger partial charge in [0.2, 0.25) is 0 Å². The van der Waals surface area contributed by atoms with Gasteiger partial charge in [-0.05, 0) is 12.8 Å². The van der Waals surface area contributed by atoms with Crippen molar-refractivity contribution in [3.63, 3.8) is 0 Å². The third-order valence-electron chi connectivity index (χ3n) is 3.24. The van der Waals surface area contributed by atoms with Crippen LogP contribution in [0.15, 0.2) is 0 Å². The lowest BCUT2D eigenvalue weighted by Gasteiger charge is -2.33. The van der Waals surface area contributed by atoms with E-state index in [9.17, 15) is 9.59 Å². The van der Waals surface area contributed by atoms with E-state index in [4.69, 9.17) is 10.8 Å².